The molecule has 17 heavy (non-hydrogen) atoms. The van der Waals surface area contributed by atoms with E-state index in [9.17, 15) is 4.79 Å². The van der Waals surface area contributed by atoms with Crippen LogP contribution >= 0.6 is 0 Å². The number of carbonyl (C=O) groups is 1. The zero-order chi connectivity index (χ0) is 12.1. The van der Waals surface area contributed by atoms with Crippen LogP contribution < -0.4 is 5.32 Å². The van der Waals surface area contributed by atoms with Gasteiger partial charge in [0.15, 0.2) is 0 Å². The topological polar surface area (TPSA) is 38.3 Å². The van der Waals surface area contributed by atoms with Gasteiger partial charge in [0.2, 0.25) is 0 Å². The van der Waals surface area contributed by atoms with Gasteiger partial charge in [-0.05, 0) is 45.1 Å². The maximum atomic E-state index is 12.1. The van der Waals surface area contributed by atoms with Crippen molar-refractivity contribution < 1.29 is 9.53 Å². The standard InChI is InChI=1S/C14H25NO2/c1-14(8-5-9-15-11-14)13(16)17-10-12-6-3-2-4-7-12/h12,15H,2-11H2,1H3. The van der Waals surface area contributed by atoms with Crippen LogP contribution in [0.5, 0.6) is 0 Å². The van der Waals surface area contributed by atoms with Gasteiger partial charge in [-0.3, -0.25) is 4.79 Å². The molecule has 1 saturated heterocycles. The van der Waals surface area contributed by atoms with E-state index in [1.165, 1.54) is 32.1 Å². The van der Waals surface area contributed by atoms with Gasteiger partial charge in [-0.1, -0.05) is 19.3 Å². The van der Waals surface area contributed by atoms with Crippen molar-refractivity contribution in [2.45, 2.75) is 51.9 Å². The first-order chi connectivity index (χ1) is 8.21. The fourth-order valence-electron chi connectivity index (χ4n) is 2.95. The summed E-state index contributed by atoms with van der Waals surface area (Å²) in [6.45, 7) is 4.48. The molecule has 1 N–H and O–H groups in total. The van der Waals surface area contributed by atoms with Crippen molar-refractivity contribution >= 4 is 5.97 Å². The Morgan fingerprint density at radius 2 is 2.06 bits per heavy atom. The predicted molar refractivity (Wildman–Crippen MR) is 67.7 cm³/mol. The summed E-state index contributed by atoms with van der Waals surface area (Å²) in [6, 6.07) is 0. The number of piperidine rings is 1. The lowest BCUT2D eigenvalue weighted by Crippen LogP contribution is -2.44. The molecule has 2 aliphatic rings. The van der Waals surface area contributed by atoms with Crippen LogP contribution in [0.1, 0.15) is 51.9 Å². The second-order valence-corrected chi connectivity index (χ2v) is 5.94. The minimum Gasteiger partial charge on any atom is -0.465 e. The van der Waals surface area contributed by atoms with E-state index in [1.807, 2.05) is 6.92 Å². The van der Waals surface area contributed by atoms with Gasteiger partial charge in [0, 0.05) is 6.54 Å². The van der Waals surface area contributed by atoms with Crippen molar-refractivity contribution in [3.8, 4) is 0 Å². The van der Waals surface area contributed by atoms with Crippen LogP contribution in [0, 0.1) is 11.3 Å². The number of hydrogen-bond acceptors (Lipinski definition) is 3. The summed E-state index contributed by atoms with van der Waals surface area (Å²) in [5, 5.41) is 3.29. The predicted octanol–water partition coefficient (Wildman–Crippen LogP) is 2.50. The summed E-state index contributed by atoms with van der Waals surface area (Å²) in [4.78, 5) is 12.1. The third kappa shape index (κ3) is 3.44. The van der Waals surface area contributed by atoms with E-state index in [2.05, 4.69) is 5.32 Å². The fraction of sp³-hybridized carbons (Fsp3) is 0.929. The molecule has 1 aliphatic heterocycles. The van der Waals surface area contributed by atoms with Crippen molar-refractivity contribution in [2.24, 2.45) is 11.3 Å². The number of ether oxygens (including phenoxy) is 1. The summed E-state index contributed by atoms with van der Waals surface area (Å²) < 4.78 is 5.55. The molecule has 0 bridgehead atoms. The van der Waals surface area contributed by atoms with Crippen LogP contribution in [0.3, 0.4) is 0 Å². The van der Waals surface area contributed by atoms with Crippen molar-refractivity contribution in [3.05, 3.63) is 0 Å². The highest BCUT2D eigenvalue weighted by Crippen LogP contribution is 2.29. The van der Waals surface area contributed by atoms with E-state index in [-0.39, 0.29) is 11.4 Å². The molecule has 2 fully saturated rings. The Balaban J connectivity index is 1.75. The molecule has 1 unspecified atom stereocenters. The van der Waals surface area contributed by atoms with Crippen LogP contribution in [0.4, 0.5) is 0 Å². The monoisotopic (exact) mass is 239 g/mol. The van der Waals surface area contributed by atoms with E-state index in [0.29, 0.717) is 12.5 Å². The zero-order valence-corrected chi connectivity index (χ0v) is 11.0. The summed E-state index contributed by atoms with van der Waals surface area (Å²) in [7, 11) is 0. The number of hydrogen-bond donors (Lipinski definition) is 1. The smallest absolute Gasteiger partial charge is 0.313 e. The van der Waals surface area contributed by atoms with Gasteiger partial charge in [-0.15, -0.1) is 0 Å². The molecular weight excluding hydrogens is 214 g/mol. The van der Waals surface area contributed by atoms with Crippen molar-refractivity contribution in [1.29, 1.82) is 0 Å². The largest absolute Gasteiger partial charge is 0.465 e. The average molecular weight is 239 g/mol. The van der Waals surface area contributed by atoms with Crippen molar-refractivity contribution in [2.75, 3.05) is 19.7 Å². The van der Waals surface area contributed by atoms with Gasteiger partial charge in [0.05, 0.1) is 12.0 Å². The summed E-state index contributed by atoms with van der Waals surface area (Å²) in [5.74, 6) is 0.628. The second kappa shape index (κ2) is 5.85. The Kier molecular flexibility index (Phi) is 4.43. The minimum absolute atomic E-state index is 0.00951. The highest BCUT2D eigenvalue weighted by molar-refractivity contribution is 5.76. The molecule has 1 heterocycles. The van der Waals surface area contributed by atoms with E-state index >= 15 is 0 Å². The van der Waals surface area contributed by atoms with Crippen LogP contribution in [0.2, 0.25) is 0 Å². The molecular formula is C14H25NO2. The molecule has 0 aromatic carbocycles. The van der Waals surface area contributed by atoms with Gasteiger partial charge >= 0.3 is 5.97 Å². The number of nitrogens with one attached hydrogen (secondary N) is 1. The Morgan fingerprint density at radius 1 is 1.29 bits per heavy atom. The van der Waals surface area contributed by atoms with Gasteiger partial charge in [0.25, 0.3) is 0 Å². The Labute approximate surface area is 104 Å². The SMILES string of the molecule is CC1(C(=O)OCC2CCCCC2)CCCNC1. The van der Waals surface area contributed by atoms with E-state index in [1.54, 1.807) is 0 Å². The second-order valence-electron chi connectivity index (χ2n) is 5.94. The molecule has 3 nitrogen and oxygen atoms in total. The summed E-state index contributed by atoms with van der Waals surface area (Å²) in [6.07, 6.45) is 8.48. The first-order valence-corrected chi connectivity index (χ1v) is 7.09. The molecule has 1 aliphatic carbocycles. The summed E-state index contributed by atoms with van der Waals surface area (Å²) >= 11 is 0. The average Bonchev–Trinajstić information content (AvgIpc) is 2.38. The van der Waals surface area contributed by atoms with Gasteiger partial charge in [0.1, 0.15) is 0 Å². The van der Waals surface area contributed by atoms with Crippen molar-refractivity contribution in [3.63, 3.8) is 0 Å². The molecule has 98 valence electrons. The molecule has 0 radical (unpaired) electrons. The highest BCUT2D eigenvalue weighted by Gasteiger charge is 2.36. The number of esters is 1. The highest BCUT2D eigenvalue weighted by atomic mass is 16.5. The Morgan fingerprint density at radius 3 is 2.71 bits per heavy atom. The van der Waals surface area contributed by atoms with E-state index in [4.69, 9.17) is 4.74 Å². The number of carbonyl (C=O) groups excluding carboxylic acids is 1. The van der Waals surface area contributed by atoms with Crippen LogP contribution in [-0.4, -0.2) is 25.7 Å². The molecule has 0 amide bonds. The van der Waals surface area contributed by atoms with Crippen LogP contribution in [-0.2, 0) is 9.53 Å². The first-order valence-electron chi connectivity index (χ1n) is 7.09. The van der Waals surface area contributed by atoms with Gasteiger partial charge in [-0.25, -0.2) is 0 Å². The molecule has 1 saturated carbocycles. The third-order valence-electron chi connectivity index (χ3n) is 4.26. The lowest BCUT2D eigenvalue weighted by molar-refractivity contribution is -0.157. The summed E-state index contributed by atoms with van der Waals surface area (Å²) in [5.41, 5.74) is -0.285. The quantitative estimate of drug-likeness (QED) is 0.769. The van der Waals surface area contributed by atoms with Crippen LogP contribution in [0.15, 0.2) is 0 Å². The molecule has 1 atom stereocenters. The van der Waals surface area contributed by atoms with E-state index < -0.39 is 0 Å². The third-order valence-corrected chi connectivity index (χ3v) is 4.26. The zero-order valence-electron chi connectivity index (χ0n) is 11.0. The number of rotatable bonds is 3. The molecule has 0 spiro atoms. The molecule has 0 aromatic heterocycles. The van der Waals surface area contributed by atoms with Crippen molar-refractivity contribution in [1.82, 2.24) is 5.32 Å². The maximum absolute atomic E-state index is 12.1. The first kappa shape index (κ1) is 12.9. The maximum Gasteiger partial charge on any atom is 0.313 e. The lowest BCUT2D eigenvalue weighted by atomic mass is 9.83. The minimum atomic E-state index is -0.285. The fourth-order valence-corrected chi connectivity index (χ4v) is 2.95. The molecule has 3 heteroatoms. The molecule has 2 rings (SSSR count). The molecule has 0 aromatic rings. The van der Waals surface area contributed by atoms with Gasteiger partial charge < -0.3 is 10.1 Å². The Bertz CT molecular complexity index is 253. The van der Waals surface area contributed by atoms with E-state index in [0.717, 1.165) is 25.9 Å². The van der Waals surface area contributed by atoms with Crippen LogP contribution in [0.25, 0.3) is 0 Å². The van der Waals surface area contributed by atoms with Gasteiger partial charge in [-0.2, -0.15) is 0 Å². The normalized spacial score (nSPS) is 31.1. The Hall–Kier alpha value is -0.570. The lowest BCUT2D eigenvalue weighted by Gasteiger charge is -2.32.